The van der Waals surface area contributed by atoms with E-state index in [0.717, 1.165) is 12.8 Å². The van der Waals surface area contributed by atoms with Crippen molar-refractivity contribution in [1.29, 1.82) is 0 Å². The third kappa shape index (κ3) is 4.40. The molecule has 22 heavy (non-hydrogen) atoms. The fourth-order valence-corrected chi connectivity index (χ4v) is 4.16. The van der Waals surface area contributed by atoms with Gasteiger partial charge in [-0.1, -0.05) is 13.8 Å². The van der Waals surface area contributed by atoms with Crippen LogP contribution in [-0.2, 0) is 14.6 Å². The molecule has 0 saturated carbocycles. The normalized spacial score (nSPS) is 20.0. The van der Waals surface area contributed by atoms with Crippen LogP contribution in [0.4, 0.5) is 11.6 Å². The van der Waals surface area contributed by atoms with Crippen LogP contribution < -0.4 is 10.6 Å². The maximum atomic E-state index is 11.9. The van der Waals surface area contributed by atoms with Crippen molar-refractivity contribution in [3.05, 3.63) is 12.1 Å². The highest BCUT2D eigenvalue weighted by Crippen LogP contribution is 2.17. The van der Waals surface area contributed by atoms with Gasteiger partial charge >= 0.3 is 0 Å². The summed E-state index contributed by atoms with van der Waals surface area (Å²) in [5.74, 6) is 1.18. The van der Waals surface area contributed by atoms with Crippen LogP contribution >= 0.6 is 0 Å². The summed E-state index contributed by atoms with van der Waals surface area (Å²) in [6.45, 7) is 3.95. The number of hydrogen-bond acceptors (Lipinski definition) is 6. The topological polar surface area (TPSA) is 101 Å². The zero-order valence-electron chi connectivity index (χ0n) is 12.9. The summed E-state index contributed by atoms with van der Waals surface area (Å²) in [6, 6.07) is 3.24. The van der Waals surface area contributed by atoms with Gasteiger partial charge in [-0.25, -0.2) is 8.42 Å². The minimum Gasteiger partial charge on any atom is -0.365 e. The minimum atomic E-state index is -2.92. The lowest BCUT2D eigenvalue weighted by atomic mass is 10.0. The molecular formula is C14H22N4O3S. The van der Waals surface area contributed by atoms with E-state index in [2.05, 4.69) is 20.8 Å². The minimum absolute atomic E-state index is 0.0247. The molecule has 0 aromatic carbocycles. The molecule has 0 bridgehead atoms. The zero-order chi connectivity index (χ0) is 16.2. The van der Waals surface area contributed by atoms with E-state index >= 15 is 0 Å². The number of aromatic nitrogens is 2. The fourth-order valence-electron chi connectivity index (χ4n) is 2.48. The average molecular weight is 326 g/mol. The van der Waals surface area contributed by atoms with Crippen LogP contribution in [0.5, 0.6) is 0 Å². The first-order valence-corrected chi connectivity index (χ1v) is 9.37. The van der Waals surface area contributed by atoms with Gasteiger partial charge in [0.2, 0.25) is 5.91 Å². The molecule has 1 fully saturated rings. The van der Waals surface area contributed by atoms with Crippen LogP contribution in [0.15, 0.2) is 12.1 Å². The highest BCUT2D eigenvalue weighted by atomic mass is 32.2. The van der Waals surface area contributed by atoms with E-state index in [-0.39, 0.29) is 29.4 Å². The Bertz CT molecular complexity index is 611. The Hall–Kier alpha value is -1.70. The number of amides is 1. The van der Waals surface area contributed by atoms with Gasteiger partial charge in [0.15, 0.2) is 15.7 Å². The second kappa shape index (κ2) is 7.04. The van der Waals surface area contributed by atoms with Crippen molar-refractivity contribution in [2.75, 3.05) is 22.1 Å². The third-order valence-corrected chi connectivity index (χ3v) is 5.62. The summed E-state index contributed by atoms with van der Waals surface area (Å²) >= 11 is 0. The SMILES string of the molecule is CCC(CC)C(=O)Nc1ccc(NC2CCS(=O)(=O)C2)nn1. The number of carbonyl (C=O) groups excluding carboxylic acids is 1. The molecule has 1 atom stereocenters. The quantitative estimate of drug-likeness (QED) is 0.820. The Labute approximate surface area is 130 Å². The molecule has 8 heteroatoms. The lowest BCUT2D eigenvalue weighted by Gasteiger charge is -2.13. The van der Waals surface area contributed by atoms with Crippen molar-refractivity contribution in [2.45, 2.75) is 39.2 Å². The van der Waals surface area contributed by atoms with Crippen molar-refractivity contribution in [3.8, 4) is 0 Å². The molecule has 2 N–H and O–H groups in total. The van der Waals surface area contributed by atoms with Crippen molar-refractivity contribution in [2.24, 2.45) is 5.92 Å². The number of hydrogen-bond donors (Lipinski definition) is 2. The number of carbonyl (C=O) groups is 1. The van der Waals surface area contributed by atoms with Gasteiger partial charge in [-0.05, 0) is 31.4 Å². The third-order valence-electron chi connectivity index (χ3n) is 3.86. The zero-order valence-corrected chi connectivity index (χ0v) is 13.7. The predicted molar refractivity (Wildman–Crippen MR) is 85.4 cm³/mol. The molecule has 1 aromatic rings. The number of nitrogens with one attached hydrogen (secondary N) is 2. The van der Waals surface area contributed by atoms with E-state index in [4.69, 9.17) is 0 Å². The summed E-state index contributed by atoms with van der Waals surface area (Å²) in [6.07, 6.45) is 2.15. The maximum absolute atomic E-state index is 11.9. The Kier molecular flexibility index (Phi) is 5.33. The van der Waals surface area contributed by atoms with E-state index < -0.39 is 9.84 Å². The molecule has 0 aliphatic carbocycles. The molecular weight excluding hydrogens is 304 g/mol. The van der Waals surface area contributed by atoms with Gasteiger partial charge in [0.1, 0.15) is 5.82 Å². The van der Waals surface area contributed by atoms with Crippen LogP contribution in [0.1, 0.15) is 33.1 Å². The van der Waals surface area contributed by atoms with Crippen LogP contribution in [0.2, 0.25) is 0 Å². The molecule has 7 nitrogen and oxygen atoms in total. The average Bonchev–Trinajstić information content (AvgIpc) is 2.81. The van der Waals surface area contributed by atoms with Gasteiger partial charge in [-0.15, -0.1) is 10.2 Å². The summed E-state index contributed by atoms with van der Waals surface area (Å²) < 4.78 is 22.8. The maximum Gasteiger partial charge on any atom is 0.228 e. The number of anilines is 2. The summed E-state index contributed by atoms with van der Waals surface area (Å²) in [5, 5.41) is 13.7. The van der Waals surface area contributed by atoms with Crippen molar-refractivity contribution in [1.82, 2.24) is 10.2 Å². The first kappa shape index (κ1) is 16.7. The molecule has 0 radical (unpaired) electrons. The first-order chi connectivity index (χ1) is 10.4. The molecule has 1 aromatic heterocycles. The van der Waals surface area contributed by atoms with Gasteiger partial charge in [0, 0.05) is 12.0 Å². The van der Waals surface area contributed by atoms with Crippen molar-refractivity contribution < 1.29 is 13.2 Å². The Morgan fingerprint density at radius 1 is 1.27 bits per heavy atom. The molecule has 1 amide bonds. The van der Waals surface area contributed by atoms with Crippen LogP contribution in [0, 0.1) is 5.92 Å². The molecule has 1 aliphatic rings. The van der Waals surface area contributed by atoms with Crippen LogP contribution in [0.25, 0.3) is 0 Å². The standard InChI is InChI=1S/C14H22N4O3S/c1-3-10(4-2)14(19)16-13-6-5-12(17-18-13)15-11-7-8-22(20,21)9-11/h5-6,10-11H,3-4,7-9H2,1-2H3,(H,15,17)(H,16,18,19). The molecule has 122 valence electrons. The van der Waals surface area contributed by atoms with E-state index in [1.807, 2.05) is 13.8 Å². The smallest absolute Gasteiger partial charge is 0.228 e. The molecule has 1 unspecified atom stereocenters. The van der Waals surface area contributed by atoms with Gasteiger partial charge in [0.25, 0.3) is 0 Å². The Morgan fingerprint density at radius 2 is 1.91 bits per heavy atom. The second-order valence-electron chi connectivity index (χ2n) is 5.55. The Morgan fingerprint density at radius 3 is 2.41 bits per heavy atom. The number of nitrogens with zero attached hydrogens (tertiary/aromatic N) is 2. The number of rotatable bonds is 6. The molecule has 0 spiro atoms. The second-order valence-corrected chi connectivity index (χ2v) is 7.78. The lowest BCUT2D eigenvalue weighted by Crippen LogP contribution is -2.23. The molecule has 2 rings (SSSR count). The van der Waals surface area contributed by atoms with E-state index in [1.165, 1.54) is 0 Å². The highest BCUT2D eigenvalue weighted by molar-refractivity contribution is 7.91. The monoisotopic (exact) mass is 326 g/mol. The fraction of sp³-hybridized carbons (Fsp3) is 0.643. The number of sulfone groups is 1. The van der Waals surface area contributed by atoms with E-state index in [1.54, 1.807) is 12.1 Å². The largest absolute Gasteiger partial charge is 0.365 e. The summed E-state index contributed by atoms with van der Waals surface area (Å²) in [4.78, 5) is 11.9. The van der Waals surface area contributed by atoms with Crippen LogP contribution in [0.3, 0.4) is 0 Å². The molecule has 2 heterocycles. The van der Waals surface area contributed by atoms with Crippen LogP contribution in [-0.4, -0.2) is 42.1 Å². The van der Waals surface area contributed by atoms with Gasteiger partial charge < -0.3 is 10.6 Å². The Balaban J connectivity index is 1.92. The lowest BCUT2D eigenvalue weighted by molar-refractivity contribution is -0.120. The van der Waals surface area contributed by atoms with Crippen molar-refractivity contribution in [3.63, 3.8) is 0 Å². The molecule has 1 saturated heterocycles. The first-order valence-electron chi connectivity index (χ1n) is 7.55. The van der Waals surface area contributed by atoms with Gasteiger partial charge in [-0.2, -0.15) is 0 Å². The van der Waals surface area contributed by atoms with Crippen molar-refractivity contribution >= 4 is 27.4 Å². The van der Waals surface area contributed by atoms with E-state index in [0.29, 0.717) is 18.1 Å². The van der Waals surface area contributed by atoms with E-state index in [9.17, 15) is 13.2 Å². The summed E-state index contributed by atoms with van der Waals surface area (Å²) in [7, 11) is -2.92. The van der Waals surface area contributed by atoms with Gasteiger partial charge in [-0.3, -0.25) is 4.79 Å². The van der Waals surface area contributed by atoms with Gasteiger partial charge in [0.05, 0.1) is 11.5 Å². The molecule has 1 aliphatic heterocycles. The summed E-state index contributed by atoms with van der Waals surface area (Å²) in [5.41, 5.74) is 0. The highest BCUT2D eigenvalue weighted by Gasteiger charge is 2.27. The predicted octanol–water partition coefficient (Wildman–Crippen LogP) is 1.45.